The number of hydrogen-bond acceptors (Lipinski definition) is 3. The number of anilines is 1. The van der Waals surface area contributed by atoms with Crippen molar-refractivity contribution in [1.29, 1.82) is 0 Å². The van der Waals surface area contributed by atoms with Crippen molar-refractivity contribution in [3.05, 3.63) is 58.7 Å². The Labute approximate surface area is 130 Å². The van der Waals surface area contributed by atoms with E-state index in [1.807, 2.05) is 32.0 Å². The van der Waals surface area contributed by atoms with Crippen LogP contribution in [-0.2, 0) is 10.0 Å². The molecule has 0 bridgehead atoms. The van der Waals surface area contributed by atoms with Gasteiger partial charge in [-0.1, -0.05) is 17.7 Å². The fourth-order valence-corrected chi connectivity index (χ4v) is 2.83. The van der Waals surface area contributed by atoms with Gasteiger partial charge in [0.05, 0.1) is 4.90 Å². The summed E-state index contributed by atoms with van der Waals surface area (Å²) in [6, 6.07) is 10.0. The van der Waals surface area contributed by atoms with Gasteiger partial charge in [-0.15, -0.1) is 0 Å². The van der Waals surface area contributed by atoms with Gasteiger partial charge < -0.3 is 5.32 Å². The normalized spacial score (nSPS) is 11.3. The molecule has 116 valence electrons. The van der Waals surface area contributed by atoms with E-state index in [4.69, 9.17) is 5.14 Å². The molecule has 0 saturated carbocycles. The van der Waals surface area contributed by atoms with Crippen LogP contribution in [0.15, 0.2) is 41.3 Å². The topological polar surface area (TPSA) is 89.3 Å². The van der Waals surface area contributed by atoms with Crippen molar-refractivity contribution in [3.63, 3.8) is 0 Å². The summed E-state index contributed by atoms with van der Waals surface area (Å²) in [7, 11) is -3.85. The summed E-state index contributed by atoms with van der Waals surface area (Å²) in [6.07, 6.45) is 0. The number of nitrogens with one attached hydrogen (secondary N) is 1. The van der Waals surface area contributed by atoms with Gasteiger partial charge in [-0.05, 0) is 56.2 Å². The predicted octanol–water partition coefficient (Wildman–Crippen LogP) is 2.51. The zero-order valence-electron chi connectivity index (χ0n) is 12.7. The Balaban J connectivity index is 2.36. The van der Waals surface area contributed by atoms with E-state index in [9.17, 15) is 13.2 Å². The molecule has 0 atom stereocenters. The van der Waals surface area contributed by atoms with Crippen molar-refractivity contribution in [2.75, 3.05) is 5.32 Å². The van der Waals surface area contributed by atoms with Crippen LogP contribution >= 0.6 is 0 Å². The zero-order chi connectivity index (χ0) is 16.5. The number of primary sulfonamides is 1. The van der Waals surface area contributed by atoms with E-state index >= 15 is 0 Å². The van der Waals surface area contributed by atoms with Crippen molar-refractivity contribution < 1.29 is 13.2 Å². The fourth-order valence-electron chi connectivity index (χ4n) is 2.19. The Morgan fingerprint density at radius 1 is 1.00 bits per heavy atom. The Kier molecular flexibility index (Phi) is 4.35. The van der Waals surface area contributed by atoms with Crippen molar-refractivity contribution in [3.8, 4) is 0 Å². The average Bonchev–Trinajstić information content (AvgIpc) is 2.40. The minimum Gasteiger partial charge on any atom is -0.322 e. The van der Waals surface area contributed by atoms with Crippen LogP contribution in [0.3, 0.4) is 0 Å². The molecule has 0 heterocycles. The lowest BCUT2D eigenvalue weighted by Gasteiger charge is -2.10. The highest BCUT2D eigenvalue weighted by Crippen LogP contribution is 2.19. The van der Waals surface area contributed by atoms with Crippen molar-refractivity contribution in [1.82, 2.24) is 0 Å². The molecular formula is C16H18N2O3S. The number of benzene rings is 2. The number of carbonyl (C=O) groups is 1. The summed E-state index contributed by atoms with van der Waals surface area (Å²) in [4.78, 5) is 12.3. The van der Waals surface area contributed by atoms with E-state index in [2.05, 4.69) is 5.32 Å². The van der Waals surface area contributed by atoms with E-state index in [-0.39, 0.29) is 16.4 Å². The standard InChI is InChI=1S/C16H18N2O3S/c1-10-4-5-15(12(3)6-10)18-16(19)13-7-11(2)8-14(9-13)22(17,20)21/h4-9H,1-3H3,(H,18,19)(H2,17,20,21). The van der Waals surface area contributed by atoms with Crippen LogP contribution in [0.5, 0.6) is 0 Å². The van der Waals surface area contributed by atoms with Gasteiger partial charge >= 0.3 is 0 Å². The molecule has 5 nitrogen and oxygen atoms in total. The van der Waals surface area contributed by atoms with E-state index < -0.39 is 10.0 Å². The lowest BCUT2D eigenvalue weighted by atomic mass is 10.1. The molecule has 0 saturated heterocycles. The second-order valence-electron chi connectivity index (χ2n) is 5.35. The van der Waals surface area contributed by atoms with Gasteiger partial charge in [0.2, 0.25) is 10.0 Å². The van der Waals surface area contributed by atoms with Gasteiger partial charge in [-0.2, -0.15) is 0 Å². The van der Waals surface area contributed by atoms with Crippen LogP contribution < -0.4 is 10.5 Å². The molecule has 3 N–H and O–H groups in total. The molecule has 0 fully saturated rings. The molecule has 0 radical (unpaired) electrons. The monoisotopic (exact) mass is 318 g/mol. The summed E-state index contributed by atoms with van der Waals surface area (Å²) < 4.78 is 22.9. The first-order valence-electron chi connectivity index (χ1n) is 6.70. The summed E-state index contributed by atoms with van der Waals surface area (Å²) in [5.74, 6) is -0.374. The van der Waals surface area contributed by atoms with Gasteiger partial charge in [0.15, 0.2) is 0 Å². The van der Waals surface area contributed by atoms with E-state index in [1.165, 1.54) is 12.1 Å². The highest BCUT2D eigenvalue weighted by atomic mass is 32.2. The molecule has 0 aromatic heterocycles. The third-order valence-corrected chi connectivity index (χ3v) is 4.16. The Hall–Kier alpha value is -2.18. The molecule has 0 aliphatic carbocycles. The molecular weight excluding hydrogens is 300 g/mol. The van der Waals surface area contributed by atoms with Gasteiger partial charge in [-0.3, -0.25) is 4.79 Å². The van der Waals surface area contributed by atoms with Crippen molar-refractivity contribution >= 4 is 21.6 Å². The molecule has 1 amide bonds. The molecule has 6 heteroatoms. The number of rotatable bonds is 3. The second kappa shape index (κ2) is 5.90. The quantitative estimate of drug-likeness (QED) is 0.911. The molecule has 0 aliphatic rings. The lowest BCUT2D eigenvalue weighted by Crippen LogP contribution is -2.16. The molecule has 2 aromatic carbocycles. The zero-order valence-corrected chi connectivity index (χ0v) is 13.5. The maximum atomic E-state index is 12.3. The Morgan fingerprint density at radius 2 is 1.68 bits per heavy atom. The first-order chi connectivity index (χ1) is 10.2. The largest absolute Gasteiger partial charge is 0.322 e. The minimum absolute atomic E-state index is 0.0710. The van der Waals surface area contributed by atoms with Crippen LogP contribution in [0.2, 0.25) is 0 Å². The minimum atomic E-state index is -3.85. The first-order valence-corrected chi connectivity index (χ1v) is 8.24. The Bertz CT molecular complexity index is 842. The molecule has 0 spiro atoms. The van der Waals surface area contributed by atoms with Gasteiger partial charge in [0.1, 0.15) is 0 Å². The number of sulfonamides is 1. The molecule has 0 aliphatic heterocycles. The Morgan fingerprint density at radius 3 is 2.27 bits per heavy atom. The second-order valence-corrected chi connectivity index (χ2v) is 6.91. The highest BCUT2D eigenvalue weighted by molar-refractivity contribution is 7.89. The number of hydrogen-bond donors (Lipinski definition) is 2. The lowest BCUT2D eigenvalue weighted by molar-refractivity contribution is 0.102. The number of aryl methyl sites for hydroxylation is 3. The SMILES string of the molecule is Cc1cc(C(=O)Nc2ccc(C)cc2C)cc(S(N)(=O)=O)c1. The summed E-state index contributed by atoms with van der Waals surface area (Å²) >= 11 is 0. The summed E-state index contributed by atoms with van der Waals surface area (Å²) in [5.41, 5.74) is 3.63. The maximum Gasteiger partial charge on any atom is 0.255 e. The predicted molar refractivity (Wildman–Crippen MR) is 86.4 cm³/mol. The fraction of sp³-hybridized carbons (Fsp3) is 0.188. The van der Waals surface area contributed by atoms with Crippen LogP contribution in [0.25, 0.3) is 0 Å². The van der Waals surface area contributed by atoms with Crippen molar-refractivity contribution in [2.45, 2.75) is 25.7 Å². The van der Waals surface area contributed by atoms with E-state index in [1.54, 1.807) is 13.0 Å². The van der Waals surface area contributed by atoms with Crippen LogP contribution in [0.4, 0.5) is 5.69 Å². The maximum absolute atomic E-state index is 12.3. The summed E-state index contributed by atoms with van der Waals surface area (Å²) in [6.45, 7) is 5.58. The molecule has 22 heavy (non-hydrogen) atoms. The van der Waals surface area contributed by atoms with Crippen LogP contribution in [-0.4, -0.2) is 14.3 Å². The number of nitrogens with two attached hydrogens (primary N) is 1. The smallest absolute Gasteiger partial charge is 0.255 e. The van der Waals surface area contributed by atoms with E-state index in [0.29, 0.717) is 11.3 Å². The molecule has 2 aromatic rings. The third kappa shape index (κ3) is 3.72. The van der Waals surface area contributed by atoms with E-state index in [0.717, 1.165) is 11.1 Å². The van der Waals surface area contributed by atoms with Crippen molar-refractivity contribution in [2.24, 2.45) is 5.14 Å². The average molecular weight is 318 g/mol. The van der Waals surface area contributed by atoms with Gasteiger partial charge in [-0.25, -0.2) is 13.6 Å². The molecule has 2 rings (SSSR count). The molecule has 0 unspecified atom stereocenters. The number of carbonyl (C=O) groups excluding carboxylic acids is 1. The van der Waals surface area contributed by atoms with Crippen LogP contribution in [0, 0.1) is 20.8 Å². The first kappa shape index (κ1) is 16.2. The summed E-state index contributed by atoms with van der Waals surface area (Å²) in [5, 5.41) is 7.91. The number of amides is 1. The van der Waals surface area contributed by atoms with Gasteiger partial charge in [0, 0.05) is 11.3 Å². The van der Waals surface area contributed by atoms with Gasteiger partial charge in [0.25, 0.3) is 5.91 Å². The third-order valence-electron chi connectivity index (χ3n) is 3.27. The highest BCUT2D eigenvalue weighted by Gasteiger charge is 2.14. The van der Waals surface area contributed by atoms with Crippen LogP contribution in [0.1, 0.15) is 27.0 Å².